The Morgan fingerprint density at radius 1 is 1.42 bits per heavy atom. The Bertz CT molecular complexity index is 430. The van der Waals surface area contributed by atoms with E-state index in [2.05, 4.69) is 4.90 Å². The molecule has 0 radical (unpaired) electrons. The standard InChI is InChI=1S/C15H21NO3/c1-3-19-13-6-4-12(5-7-13)10-16-9-8-14(11(16)2)15(17)18/h4-7,11,14H,3,8-10H2,1-2H3,(H,17,18). The summed E-state index contributed by atoms with van der Waals surface area (Å²) >= 11 is 0. The SMILES string of the molecule is CCOc1ccc(CN2CCC(C(=O)O)C2C)cc1. The van der Waals surface area contributed by atoms with Gasteiger partial charge in [-0.25, -0.2) is 0 Å². The minimum atomic E-state index is -0.679. The van der Waals surface area contributed by atoms with Crippen LogP contribution >= 0.6 is 0 Å². The van der Waals surface area contributed by atoms with E-state index in [9.17, 15) is 4.79 Å². The van der Waals surface area contributed by atoms with E-state index in [0.717, 1.165) is 25.3 Å². The van der Waals surface area contributed by atoms with Gasteiger partial charge in [-0.1, -0.05) is 12.1 Å². The van der Waals surface area contributed by atoms with Gasteiger partial charge in [0.15, 0.2) is 0 Å². The van der Waals surface area contributed by atoms with Crippen LogP contribution in [-0.2, 0) is 11.3 Å². The largest absolute Gasteiger partial charge is 0.494 e. The molecule has 4 heteroatoms. The maximum absolute atomic E-state index is 11.1. The number of carbonyl (C=O) groups is 1. The van der Waals surface area contributed by atoms with Gasteiger partial charge in [-0.15, -0.1) is 0 Å². The molecule has 1 N–H and O–H groups in total. The molecule has 1 aliphatic rings. The van der Waals surface area contributed by atoms with E-state index in [1.54, 1.807) is 0 Å². The minimum Gasteiger partial charge on any atom is -0.494 e. The third-order valence-corrected chi connectivity index (χ3v) is 3.82. The molecule has 0 spiro atoms. The van der Waals surface area contributed by atoms with Gasteiger partial charge in [-0.2, -0.15) is 0 Å². The first-order chi connectivity index (χ1) is 9.11. The number of hydrogen-bond donors (Lipinski definition) is 1. The van der Waals surface area contributed by atoms with Crippen molar-refractivity contribution in [3.8, 4) is 5.75 Å². The van der Waals surface area contributed by atoms with Gasteiger partial charge in [0.05, 0.1) is 12.5 Å². The topological polar surface area (TPSA) is 49.8 Å². The number of ether oxygens (including phenoxy) is 1. The van der Waals surface area contributed by atoms with Crippen molar-refractivity contribution in [3.63, 3.8) is 0 Å². The average molecular weight is 263 g/mol. The lowest BCUT2D eigenvalue weighted by atomic mass is 10.0. The highest BCUT2D eigenvalue weighted by Crippen LogP contribution is 2.26. The van der Waals surface area contributed by atoms with Gasteiger partial charge in [0, 0.05) is 12.6 Å². The first-order valence-corrected chi connectivity index (χ1v) is 6.80. The zero-order chi connectivity index (χ0) is 13.8. The smallest absolute Gasteiger partial charge is 0.308 e. The van der Waals surface area contributed by atoms with Crippen LogP contribution in [0, 0.1) is 5.92 Å². The Morgan fingerprint density at radius 2 is 2.11 bits per heavy atom. The van der Waals surface area contributed by atoms with Crippen molar-refractivity contribution < 1.29 is 14.6 Å². The number of nitrogens with zero attached hydrogens (tertiary/aromatic N) is 1. The summed E-state index contributed by atoms with van der Waals surface area (Å²) in [5.41, 5.74) is 1.20. The van der Waals surface area contributed by atoms with Crippen molar-refractivity contribution in [1.29, 1.82) is 0 Å². The molecule has 0 aliphatic carbocycles. The lowest BCUT2D eigenvalue weighted by molar-refractivity contribution is -0.142. The van der Waals surface area contributed by atoms with E-state index in [-0.39, 0.29) is 12.0 Å². The summed E-state index contributed by atoms with van der Waals surface area (Å²) in [6.45, 7) is 6.29. The maximum atomic E-state index is 11.1. The van der Waals surface area contributed by atoms with Crippen LogP contribution in [0.4, 0.5) is 0 Å². The summed E-state index contributed by atoms with van der Waals surface area (Å²) in [4.78, 5) is 13.3. The van der Waals surface area contributed by atoms with Crippen LogP contribution < -0.4 is 4.74 Å². The average Bonchev–Trinajstić information content (AvgIpc) is 2.74. The molecule has 0 aromatic heterocycles. The zero-order valence-electron chi connectivity index (χ0n) is 11.5. The Balaban J connectivity index is 1.96. The van der Waals surface area contributed by atoms with Crippen LogP contribution in [0.15, 0.2) is 24.3 Å². The summed E-state index contributed by atoms with van der Waals surface area (Å²) in [7, 11) is 0. The van der Waals surface area contributed by atoms with Crippen molar-refractivity contribution >= 4 is 5.97 Å². The van der Waals surface area contributed by atoms with Crippen LogP contribution in [0.1, 0.15) is 25.8 Å². The third-order valence-electron chi connectivity index (χ3n) is 3.82. The molecule has 4 nitrogen and oxygen atoms in total. The fourth-order valence-corrected chi connectivity index (χ4v) is 2.65. The Kier molecular flexibility index (Phi) is 4.43. The van der Waals surface area contributed by atoms with Gasteiger partial charge in [-0.3, -0.25) is 9.69 Å². The van der Waals surface area contributed by atoms with Crippen molar-refractivity contribution in [2.75, 3.05) is 13.2 Å². The lowest BCUT2D eigenvalue weighted by Crippen LogP contribution is -2.32. The molecule has 0 bridgehead atoms. The summed E-state index contributed by atoms with van der Waals surface area (Å²) in [5.74, 6) is -0.0338. The number of benzene rings is 1. The second-order valence-electron chi connectivity index (χ2n) is 5.02. The van der Waals surface area contributed by atoms with Gasteiger partial charge < -0.3 is 9.84 Å². The molecule has 0 amide bonds. The molecule has 1 fully saturated rings. The van der Waals surface area contributed by atoms with E-state index >= 15 is 0 Å². The molecule has 2 rings (SSSR count). The van der Waals surface area contributed by atoms with E-state index < -0.39 is 5.97 Å². The van der Waals surface area contributed by atoms with Gasteiger partial charge in [0.1, 0.15) is 5.75 Å². The second kappa shape index (κ2) is 6.06. The Labute approximate surface area is 114 Å². The first kappa shape index (κ1) is 13.9. The Hall–Kier alpha value is -1.55. The van der Waals surface area contributed by atoms with E-state index in [1.165, 1.54) is 5.56 Å². The van der Waals surface area contributed by atoms with Gasteiger partial charge in [-0.05, 0) is 44.5 Å². The van der Waals surface area contributed by atoms with E-state index in [4.69, 9.17) is 9.84 Å². The number of carboxylic acids is 1. The van der Waals surface area contributed by atoms with Crippen molar-refractivity contribution in [1.82, 2.24) is 4.90 Å². The summed E-state index contributed by atoms with van der Waals surface area (Å²) in [6, 6.07) is 8.13. The molecule has 19 heavy (non-hydrogen) atoms. The minimum absolute atomic E-state index is 0.101. The molecule has 0 saturated carbocycles. The zero-order valence-corrected chi connectivity index (χ0v) is 11.5. The quantitative estimate of drug-likeness (QED) is 0.886. The molecule has 1 aromatic rings. The van der Waals surface area contributed by atoms with Gasteiger partial charge in [0.2, 0.25) is 0 Å². The number of carboxylic acid groups (broad SMARTS) is 1. The maximum Gasteiger partial charge on any atom is 0.308 e. The molecular weight excluding hydrogens is 242 g/mol. The summed E-state index contributed by atoms with van der Waals surface area (Å²) in [6.07, 6.45) is 0.744. The molecule has 1 aromatic carbocycles. The van der Waals surface area contributed by atoms with Gasteiger partial charge in [0.25, 0.3) is 0 Å². The van der Waals surface area contributed by atoms with Crippen LogP contribution in [0.5, 0.6) is 5.75 Å². The predicted octanol–water partition coefficient (Wildman–Crippen LogP) is 2.38. The second-order valence-corrected chi connectivity index (χ2v) is 5.02. The summed E-state index contributed by atoms with van der Waals surface area (Å²) in [5, 5.41) is 9.12. The predicted molar refractivity (Wildman–Crippen MR) is 73.2 cm³/mol. The van der Waals surface area contributed by atoms with Crippen LogP contribution in [0.25, 0.3) is 0 Å². The highest BCUT2D eigenvalue weighted by atomic mass is 16.5. The van der Waals surface area contributed by atoms with Crippen molar-refractivity contribution in [3.05, 3.63) is 29.8 Å². The normalized spacial score (nSPS) is 23.5. The van der Waals surface area contributed by atoms with Crippen molar-refractivity contribution in [2.45, 2.75) is 32.9 Å². The molecule has 2 atom stereocenters. The fraction of sp³-hybridized carbons (Fsp3) is 0.533. The Morgan fingerprint density at radius 3 is 2.63 bits per heavy atom. The van der Waals surface area contributed by atoms with Crippen LogP contribution in [-0.4, -0.2) is 35.2 Å². The molecule has 1 aliphatic heterocycles. The van der Waals surface area contributed by atoms with Gasteiger partial charge >= 0.3 is 5.97 Å². The van der Waals surface area contributed by atoms with Crippen LogP contribution in [0.2, 0.25) is 0 Å². The molecule has 1 heterocycles. The fourth-order valence-electron chi connectivity index (χ4n) is 2.65. The number of likely N-dealkylation sites (tertiary alicyclic amines) is 1. The number of rotatable bonds is 5. The van der Waals surface area contributed by atoms with Crippen LogP contribution in [0.3, 0.4) is 0 Å². The molecular formula is C15H21NO3. The molecule has 2 unspecified atom stereocenters. The third kappa shape index (κ3) is 3.26. The van der Waals surface area contributed by atoms with Crippen molar-refractivity contribution in [2.24, 2.45) is 5.92 Å². The summed E-state index contributed by atoms with van der Waals surface area (Å²) < 4.78 is 5.41. The molecule has 1 saturated heterocycles. The molecule has 104 valence electrons. The highest BCUT2D eigenvalue weighted by molar-refractivity contribution is 5.71. The van der Waals surface area contributed by atoms with E-state index in [1.807, 2.05) is 38.1 Å². The number of aliphatic carboxylic acids is 1. The first-order valence-electron chi connectivity index (χ1n) is 6.80. The highest BCUT2D eigenvalue weighted by Gasteiger charge is 2.35. The number of hydrogen-bond acceptors (Lipinski definition) is 3. The monoisotopic (exact) mass is 263 g/mol. The lowest BCUT2D eigenvalue weighted by Gasteiger charge is -2.23. The van der Waals surface area contributed by atoms with E-state index in [0.29, 0.717) is 6.61 Å².